The highest BCUT2D eigenvalue weighted by Gasteiger charge is 2.08. The summed E-state index contributed by atoms with van der Waals surface area (Å²) < 4.78 is 1.51. The molecule has 0 spiro atoms. The van der Waals surface area contributed by atoms with E-state index in [1.54, 1.807) is 24.3 Å². The predicted molar refractivity (Wildman–Crippen MR) is 107 cm³/mol. The highest BCUT2D eigenvalue weighted by atomic mass is 35.5. The number of anilines is 2. The van der Waals surface area contributed by atoms with E-state index in [-0.39, 0.29) is 24.7 Å². The highest BCUT2D eigenvalue weighted by molar-refractivity contribution is 6.30. The van der Waals surface area contributed by atoms with Crippen molar-refractivity contribution in [3.05, 3.63) is 68.4 Å². The molecule has 10 nitrogen and oxygen atoms in total. The van der Waals surface area contributed by atoms with E-state index in [2.05, 4.69) is 30.4 Å². The molecule has 0 amide bonds. The molecule has 0 saturated heterocycles. The maximum Gasteiger partial charge on any atom is 0.326 e. The lowest BCUT2D eigenvalue weighted by Gasteiger charge is -2.06. The van der Waals surface area contributed by atoms with Crippen LogP contribution in [0.1, 0.15) is 5.69 Å². The second kappa shape index (κ2) is 7.78. The zero-order valence-corrected chi connectivity index (χ0v) is 15.7. The second-order valence-corrected chi connectivity index (χ2v) is 6.50. The van der Waals surface area contributed by atoms with Gasteiger partial charge >= 0.3 is 5.69 Å². The SMILES string of the molecule is O=c1[nH]c(O)c(/C=c2/cnn3c(=NCCO)cc(Nc4cccc(Cl)c4)nc23)[nH]1. The van der Waals surface area contributed by atoms with Crippen LogP contribution in [0.25, 0.3) is 11.7 Å². The van der Waals surface area contributed by atoms with Gasteiger partial charge in [-0.2, -0.15) is 9.61 Å². The first-order chi connectivity index (χ1) is 14.0. The van der Waals surface area contributed by atoms with Crippen molar-refractivity contribution in [3.8, 4) is 5.88 Å². The summed E-state index contributed by atoms with van der Waals surface area (Å²) >= 11 is 6.04. The number of aliphatic hydroxyl groups is 1. The molecule has 0 atom stereocenters. The smallest absolute Gasteiger partial charge is 0.326 e. The molecule has 148 valence electrons. The Morgan fingerprint density at radius 1 is 1.31 bits per heavy atom. The third kappa shape index (κ3) is 3.98. The standard InChI is InChI=1S/C18H16ClN7O3/c19-11-2-1-3-12(7-11)22-14-8-15(20-4-5-27)26-16(24-14)10(9-21-26)6-13-17(28)25-18(29)23-13/h1-3,6-9,22,27-28H,4-5H2,(H2,23,25,29)/b10-6-,20-15?. The minimum absolute atomic E-state index is 0.112. The van der Waals surface area contributed by atoms with E-state index in [9.17, 15) is 9.90 Å². The van der Waals surface area contributed by atoms with Gasteiger partial charge in [0.25, 0.3) is 0 Å². The number of aliphatic hydroxyl groups excluding tert-OH is 1. The molecule has 3 aromatic heterocycles. The predicted octanol–water partition coefficient (Wildman–Crippen LogP) is 0.289. The van der Waals surface area contributed by atoms with Crippen LogP contribution in [-0.2, 0) is 0 Å². The van der Waals surface area contributed by atoms with Crippen molar-refractivity contribution in [1.82, 2.24) is 24.6 Å². The Morgan fingerprint density at radius 2 is 2.17 bits per heavy atom. The number of nitrogens with zero attached hydrogens (tertiary/aromatic N) is 4. The minimum atomic E-state index is -0.528. The molecule has 29 heavy (non-hydrogen) atoms. The Balaban J connectivity index is 1.89. The second-order valence-electron chi connectivity index (χ2n) is 6.06. The maximum atomic E-state index is 11.4. The van der Waals surface area contributed by atoms with Crippen molar-refractivity contribution in [3.63, 3.8) is 0 Å². The van der Waals surface area contributed by atoms with Crippen LogP contribution in [0.2, 0.25) is 5.02 Å². The molecule has 0 radical (unpaired) electrons. The van der Waals surface area contributed by atoms with E-state index in [1.807, 2.05) is 12.1 Å². The van der Waals surface area contributed by atoms with Gasteiger partial charge in [0.2, 0.25) is 5.88 Å². The largest absolute Gasteiger partial charge is 0.493 e. The van der Waals surface area contributed by atoms with Gasteiger partial charge in [-0.25, -0.2) is 9.78 Å². The number of aromatic amines is 2. The fraction of sp³-hybridized carbons (Fsp3) is 0.111. The number of aromatic hydroxyl groups is 1. The Hall–Kier alpha value is -3.63. The third-order valence-corrected chi connectivity index (χ3v) is 4.22. The lowest BCUT2D eigenvalue weighted by Crippen LogP contribution is -2.20. The molecule has 0 bridgehead atoms. The van der Waals surface area contributed by atoms with Crippen molar-refractivity contribution in [2.24, 2.45) is 4.99 Å². The number of hydrogen-bond donors (Lipinski definition) is 5. The summed E-state index contributed by atoms with van der Waals surface area (Å²) in [6.07, 6.45) is 3.08. The van der Waals surface area contributed by atoms with Crippen LogP contribution in [-0.4, -0.2) is 47.9 Å². The molecule has 1 aromatic carbocycles. The van der Waals surface area contributed by atoms with E-state index in [4.69, 9.17) is 16.7 Å². The van der Waals surface area contributed by atoms with Gasteiger partial charge in [-0.05, 0) is 24.3 Å². The Morgan fingerprint density at radius 3 is 2.90 bits per heavy atom. The Kier molecular flexibility index (Phi) is 5.02. The number of H-pyrrole nitrogens is 2. The summed E-state index contributed by atoms with van der Waals surface area (Å²) in [5.41, 5.74) is 1.32. The number of imidazole rings is 1. The van der Waals surface area contributed by atoms with Gasteiger partial charge in [0, 0.05) is 22.0 Å². The van der Waals surface area contributed by atoms with Gasteiger partial charge in [-0.15, -0.1) is 0 Å². The molecule has 0 aliphatic rings. The Bertz CT molecular complexity index is 1360. The molecule has 0 fully saturated rings. The molecule has 0 aliphatic carbocycles. The maximum absolute atomic E-state index is 11.4. The molecular weight excluding hydrogens is 398 g/mol. The first-order valence-corrected chi connectivity index (χ1v) is 8.97. The fourth-order valence-corrected chi connectivity index (χ4v) is 2.96. The third-order valence-electron chi connectivity index (χ3n) is 3.99. The monoisotopic (exact) mass is 413 g/mol. The average molecular weight is 414 g/mol. The number of fused-ring (bicyclic) bond motifs is 1. The molecule has 0 unspecified atom stereocenters. The normalized spacial score (nSPS) is 12.8. The van der Waals surface area contributed by atoms with Gasteiger partial charge in [-0.1, -0.05) is 17.7 Å². The van der Waals surface area contributed by atoms with Crippen LogP contribution in [0.4, 0.5) is 11.5 Å². The van der Waals surface area contributed by atoms with Crippen molar-refractivity contribution < 1.29 is 10.2 Å². The van der Waals surface area contributed by atoms with Crippen LogP contribution < -0.4 is 21.7 Å². The summed E-state index contributed by atoms with van der Waals surface area (Å²) in [7, 11) is 0. The number of hydrogen-bond acceptors (Lipinski definition) is 7. The summed E-state index contributed by atoms with van der Waals surface area (Å²) in [5, 5.41) is 27.5. The minimum Gasteiger partial charge on any atom is -0.493 e. The fourth-order valence-electron chi connectivity index (χ4n) is 2.77. The van der Waals surface area contributed by atoms with Crippen molar-refractivity contribution in [2.75, 3.05) is 18.5 Å². The van der Waals surface area contributed by atoms with Crippen molar-refractivity contribution in [1.29, 1.82) is 0 Å². The van der Waals surface area contributed by atoms with Crippen LogP contribution in [0.5, 0.6) is 5.88 Å². The summed E-state index contributed by atoms with van der Waals surface area (Å²) in [6.45, 7) is 0.0835. The summed E-state index contributed by atoms with van der Waals surface area (Å²) in [4.78, 5) is 25.0. The number of nitrogens with one attached hydrogen (secondary N) is 3. The lowest BCUT2D eigenvalue weighted by atomic mass is 10.3. The molecule has 0 aliphatic heterocycles. The van der Waals surface area contributed by atoms with Gasteiger partial charge in [0.05, 0.1) is 19.3 Å². The molecule has 0 saturated carbocycles. The van der Waals surface area contributed by atoms with Gasteiger partial charge < -0.3 is 20.5 Å². The van der Waals surface area contributed by atoms with E-state index >= 15 is 0 Å². The van der Waals surface area contributed by atoms with Crippen molar-refractivity contribution in [2.45, 2.75) is 0 Å². The number of benzene rings is 1. The van der Waals surface area contributed by atoms with E-state index in [1.165, 1.54) is 10.7 Å². The van der Waals surface area contributed by atoms with E-state index in [0.29, 0.717) is 27.2 Å². The van der Waals surface area contributed by atoms with Crippen molar-refractivity contribution >= 4 is 34.8 Å². The van der Waals surface area contributed by atoms with Crippen LogP contribution in [0.3, 0.4) is 0 Å². The van der Waals surface area contributed by atoms with E-state index in [0.717, 1.165) is 5.69 Å². The number of halogens is 1. The molecule has 3 heterocycles. The van der Waals surface area contributed by atoms with Gasteiger partial charge in [-0.3, -0.25) is 9.98 Å². The zero-order chi connectivity index (χ0) is 20.4. The molecule has 4 rings (SSSR count). The number of rotatable bonds is 5. The van der Waals surface area contributed by atoms with Gasteiger partial charge in [0.1, 0.15) is 11.5 Å². The molecular formula is C18H16ClN7O3. The molecule has 11 heteroatoms. The highest BCUT2D eigenvalue weighted by Crippen LogP contribution is 2.18. The quantitative estimate of drug-likeness (QED) is 0.318. The molecule has 5 N–H and O–H groups in total. The average Bonchev–Trinajstić information content (AvgIpc) is 3.22. The van der Waals surface area contributed by atoms with E-state index < -0.39 is 5.69 Å². The van der Waals surface area contributed by atoms with Gasteiger partial charge in [0.15, 0.2) is 11.1 Å². The summed E-state index contributed by atoms with van der Waals surface area (Å²) in [6, 6.07) is 8.86. The topological polar surface area (TPSA) is 144 Å². The summed E-state index contributed by atoms with van der Waals surface area (Å²) in [5.74, 6) is 0.200. The zero-order valence-electron chi connectivity index (χ0n) is 14.9. The van der Waals surface area contributed by atoms with Crippen LogP contribution in [0.15, 0.2) is 46.3 Å². The lowest BCUT2D eigenvalue weighted by molar-refractivity contribution is 0.305. The number of aromatic nitrogens is 5. The van der Waals surface area contributed by atoms with Crippen LogP contribution in [0, 0.1) is 0 Å². The molecule has 4 aromatic rings. The van der Waals surface area contributed by atoms with Crippen LogP contribution >= 0.6 is 11.6 Å². The first-order valence-electron chi connectivity index (χ1n) is 8.59. The Labute approximate surface area is 167 Å². The first kappa shape index (κ1) is 18.7.